The number of anilines is 1. The lowest BCUT2D eigenvalue weighted by molar-refractivity contribution is -0.143. The normalized spacial score (nSPS) is 15.6. The van der Waals surface area contributed by atoms with Crippen LogP contribution in [-0.4, -0.2) is 35.0 Å². The first-order valence-corrected chi connectivity index (χ1v) is 8.93. The van der Waals surface area contributed by atoms with Gasteiger partial charge in [0, 0.05) is 17.8 Å². The van der Waals surface area contributed by atoms with Gasteiger partial charge in [-0.05, 0) is 62.7 Å². The molecule has 2 aromatic rings. The fraction of sp³-hybridized carbons (Fsp3) is 0.333. The largest absolute Gasteiger partial charge is 0.481 e. The molecule has 1 aliphatic rings. The van der Waals surface area contributed by atoms with Crippen molar-refractivity contribution in [1.82, 2.24) is 4.90 Å². The highest BCUT2D eigenvalue weighted by Crippen LogP contribution is 2.20. The topological polar surface area (TPSA) is 69.6 Å². The highest BCUT2D eigenvalue weighted by Gasteiger charge is 2.24. The van der Waals surface area contributed by atoms with E-state index in [2.05, 4.69) is 10.2 Å². The van der Waals surface area contributed by atoms with Crippen LogP contribution in [0.1, 0.15) is 34.3 Å². The average Bonchev–Trinajstić information content (AvgIpc) is 2.63. The molecule has 1 heterocycles. The molecule has 0 aromatic heterocycles. The van der Waals surface area contributed by atoms with Gasteiger partial charge in [-0.25, -0.2) is 0 Å². The van der Waals surface area contributed by atoms with E-state index in [1.54, 1.807) is 0 Å². The third kappa shape index (κ3) is 4.70. The van der Waals surface area contributed by atoms with Crippen molar-refractivity contribution in [3.8, 4) is 0 Å². The molecule has 2 aromatic carbocycles. The number of benzene rings is 2. The molecule has 5 nitrogen and oxygen atoms in total. The Bertz CT molecular complexity index is 778. The van der Waals surface area contributed by atoms with Crippen LogP contribution in [-0.2, 0) is 11.3 Å². The molecule has 136 valence electrons. The van der Waals surface area contributed by atoms with Crippen LogP contribution >= 0.6 is 0 Å². The van der Waals surface area contributed by atoms with Gasteiger partial charge < -0.3 is 10.4 Å². The van der Waals surface area contributed by atoms with Crippen LogP contribution in [0.25, 0.3) is 0 Å². The van der Waals surface area contributed by atoms with E-state index in [0.717, 1.165) is 36.4 Å². The van der Waals surface area contributed by atoms with Gasteiger partial charge in [-0.3, -0.25) is 14.5 Å². The predicted octanol–water partition coefficient (Wildman–Crippen LogP) is 3.54. The number of aryl methyl sites for hydroxylation is 1. The molecule has 0 bridgehead atoms. The summed E-state index contributed by atoms with van der Waals surface area (Å²) in [5, 5.41) is 12.0. The van der Waals surface area contributed by atoms with Crippen LogP contribution in [0.2, 0.25) is 0 Å². The summed E-state index contributed by atoms with van der Waals surface area (Å²) in [4.78, 5) is 25.7. The first kappa shape index (κ1) is 18.1. The number of rotatable bonds is 5. The molecule has 0 radical (unpaired) electrons. The second kappa shape index (κ2) is 8.15. The highest BCUT2D eigenvalue weighted by atomic mass is 16.4. The number of aliphatic carboxylic acids is 1. The fourth-order valence-corrected chi connectivity index (χ4v) is 3.25. The number of carbonyl (C=O) groups is 2. The van der Waals surface area contributed by atoms with Gasteiger partial charge in [-0.15, -0.1) is 0 Å². The van der Waals surface area contributed by atoms with E-state index < -0.39 is 5.97 Å². The predicted molar refractivity (Wildman–Crippen MR) is 101 cm³/mol. The van der Waals surface area contributed by atoms with E-state index in [9.17, 15) is 9.59 Å². The lowest BCUT2D eigenvalue weighted by atomic mass is 9.97. The standard InChI is InChI=1S/C21H24N2O3/c1-15-5-7-17(8-6-15)20(24)22-19-4-2-3-16(13-19)14-23-11-9-18(10-12-23)21(25)26/h2-8,13,18H,9-12,14H2,1H3,(H,22,24)(H,25,26). The van der Waals surface area contributed by atoms with E-state index in [-0.39, 0.29) is 11.8 Å². The van der Waals surface area contributed by atoms with Crippen molar-refractivity contribution in [2.45, 2.75) is 26.3 Å². The van der Waals surface area contributed by atoms with Gasteiger partial charge in [0.2, 0.25) is 0 Å². The van der Waals surface area contributed by atoms with Gasteiger partial charge in [0.1, 0.15) is 0 Å². The summed E-state index contributed by atoms with van der Waals surface area (Å²) in [7, 11) is 0. The third-order valence-corrected chi connectivity index (χ3v) is 4.84. The molecule has 1 fully saturated rings. The molecular weight excluding hydrogens is 328 g/mol. The van der Waals surface area contributed by atoms with E-state index in [1.807, 2.05) is 55.5 Å². The van der Waals surface area contributed by atoms with Gasteiger partial charge in [0.15, 0.2) is 0 Å². The number of carboxylic acid groups (broad SMARTS) is 1. The smallest absolute Gasteiger partial charge is 0.306 e. The van der Waals surface area contributed by atoms with Crippen molar-refractivity contribution in [3.05, 3.63) is 65.2 Å². The molecule has 1 saturated heterocycles. The zero-order chi connectivity index (χ0) is 18.5. The minimum atomic E-state index is -0.689. The summed E-state index contributed by atoms with van der Waals surface area (Å²) in [5.41, 5.74) is 3.64. The molecule has 26 heavy (non-hydrogen) atoms. The van der Waals surface area contributed by atoms with Crippen molar-refractivity contribution < 1.29 is 14.7 Å². The number of carboxylic acids is 1. The monoisotopic (exact) mass is 352 g/mol. The third-order valence-electron chi connectivity index (χ3n) is 4.84. The van der Waals surface area contributed by atoms with Crippen molar-refractivity contribution in [2.75, 3.05) is 18.4 Å². The van der Waals surface area contributed by atoms with Crippen molar-refractivity contribution in [3.63, 3.8) is 0 Å². The van der Waals surface area contributed by atoms with E-state index in [0.29, 0.717) is 18.4 Å². The zero-order valence-corrected chi connectivity index (χ0v) is 14.9. The quantitative estimate of drug-likeness (QED) is 0.863. The second-order valence-corrected chi connectivity index (χ2v) is 6.91. The summed E-state index contributed by atoms with van der Waals surface area (Å²) in [6, 6.07) is 15.3. The minimum absolute atomic E-state index is 0.121. The van der Waals surface area contributed by atoms with Gasteiger partial charge in [0.25, 0.3) is 5.91 Å². The maximum Gasteiger partial charge on any atom is 0.306 e. The van der Waals surface area contributed by atoms with E-state index in [1.165, 1.54) is 0 Å². The maximum absolute atomic E-state index is 12.3. The van der Waals surface area contributed by atoms with Crippen molar-refractivity contribution in [2.24, 2.45) is 5.92 Å². The van der Waals surface area contributed by atoms with Crippen LogP contribution in [0.15, 0.2) is 48.5 Å². The highest BCUT2D eigenvalue weighted by molar-refractivity contribution is 6.04. The molecule has 2 N–H and O–H groups in total. The Morgan fingerprint density at radius 1 is 1.12 bits per heavy atom. The van der Waals surface area contributed by atoms with Crippen LogP contribution in [0.5, 0.6) is 0 Å². The molecule has 0 spiro atoms. The maximum atomic E-state index is 12.3. The van der Waals surface area contributed by atoms with Crippen LogP contribution in [0, 0.1) is 12.8 Å². The van der Waals surface area contributed by atoms with E-state index in [4.69, 9.17) is 5.11 Å². The fourth-order valence-electron chi connectivity index (χ4n) is 3.25. The summed E-state index contributed by atoms with van der Waals surface area (Å²) in [5.74, 6) is -1.03. The molecule has 0 unspecified atom stereocenters. The van der Waals surface area contributed by atoms with Crippen LogP contribution in [0.3, 0.4) is 0 Å². The molecule has 5 heteroatoms. The molecule has 0 saturated carbocycles. The lowest BCUT2D eigenvalue weighted by Crippen LogP contribution is -2.35. The number of carbonyl (C=O) groups excluding carboxylic acids is 1. The molecule has 0 aliphatic carbocycles. The Morgan fingerprint density at radius 3 is 2.46 bits per heavy atom. The van der Waals surface area contributed by atoms with Gasteiger partial charge in [0.05, 0.1) is 5.92 Å². The van der Waals surface area contributed by atoms with Crippen LogP contribution in [0.4, 0.5) is 5.69 Å². The SMILES string of the molecule is Cc1ccc(C(=O)Nc2cccc(CN3CCC(C(=O)O)CC3)c2)cc1. The Hall–Kier alpha value is -2.66. The summed E-state index contributed by atoms with van der Waals surface area (Å²) < 4.78 is 0. The number of piperidine rings is 1. The molecule has 1 amide bonds. The molecule has 3 rings (SSSR count). The van der Waals surface area contributed by atoms with Crippen LogP contribution < -0.4 is 5.32 Å². The van der Waals surface area contributed by atoms with Gasteiger partial charge in [-0.2, -0.15) is 0 Å². The summed E-state index contributed by atoms with van der Waals surface area (Å²) >= 11 is 0. The average molecular weight is 352 g/mol. The van der Waals surface area contributed by atoms with Gasteiger partial charge in [-0.1, -0.05) is 29.8 Å². The van der Waals surface area contributed by atoms with Gasteiger partial charge >= 0.3 is 5.97 Å². The Kier molecular flexibility index (Phi) is 5.68. The Labute approximate surface area is 153 Å². The van der Waals surface area contributed by atoms with Crippen molar-refractivity contribution in [1.29, 1.82) is 0 Å². The number of hydrogen-bond acceptors (Lipinski definition) is 3. The molecule has 1 aliphatic heterocycles. The molecule has 0 atom stereocenters. The number of amides is 1. The number of nitrogens with zero attached hydrogens (tertiary/aromatic N) is 1. The summed E-state index contributed by atoms with van der Waals surface area (Å²) in [6.07, 6.45) is 1.39. The zero-order valence-electron chi connectivity index (χ0n) is 14.9. The van der Waals surface area contributed by atoms with E-state index >= 15 is 0 Å². The van der Waals surface area contributed by atoms with Crippen molar-refractivity contribution >= 4 is 17.6 Å². The number of hydrogen-bond donors (Lipinski definition) is 2. The lowest BCUT2D eigenvalue weighted by Gasteiger charge is -2.30. The first-order chi connectivity index (χ1) is 12.5. The Morgan fingerprint density at radius 2 is 1.81 bits per heavy atom. The summed E-state index contributed by atoms with van der Waals surface area (Å²) in [6.45, 7) is 4.33. The number of nitrogens with one attached hydrogen (secondary N) is 1. The minimum Gasteiger partial charge on any atom is -0.481 e. The molecular formula is C21H24N2O3. The Balaban J connectivity index is 1.59. The second-order valence-electron chi connectivity index (χ2n) is 6.91. The first-order valence-electron chi connectivity index (χ1n) is 8.93. The number of likely N-dealkylation sites (tertiary alicyclic amines) is 1.